The van der Waals surface area contributed by atoms with Crippen molar-refractivity contribution in [3.8, 4) is 0 Å². The number of Topliss-reactive ketones (excluding diaryl/α,β-unsaturated/α-hetero) is 1. The van der Waals surface area contributed by atoms with Gasteiger partial charge in [-0.25, -0.2) is 0 Å². The molecule has 18 heavy (non-hydrogen) atoms. The van der Waals surface area contributed by atoms with Gasteiger partial charge in [0, 0.05) is 26.8 Å². The molecular weight excluding hydrogens is 226 g/mol. The fourth-order valence-corrected chi connectivity index (χ4v) is 2.70. The number of likely N-dealkylation sites (N-methyl/N-ethyl adjacent to an activating group) is 1. The van der Waals surface area contributed by atoms with E-state index in [0.29, 0.717) is 5.92 Å². The first kappa shape index (κ1) is 15.0. The summed E-state index contributed by atoms with van der Waals surface area (Å²) in [7, 11) is 1.71. The first-order valence-corrected chi connectivity index (χ1v) is 6.55. The van der Waals surface area contributed by atoms with Crippen LogP contribution in [0.5, 0.6) is 0 Å². The van der Waals surface area contributed by atoms with Crippen molar-refractivity contribution in [2.45, 2.75) is 47.1 Å². The highest BCUT2D eigenvalue weighted by Crippen LogP contribution is 2.40. The van der Waals surface area contributed by atoms with Gasteiger partial charge in [0.25, 0.3) is 0 Å². The van der Waals surface area contributed by atoms with Gasteiger partial charge in [0.1, 0.15) is 5.60 Å². The molecule has 0 spiro atoms. The number of ketones is 1. The van der Waals surface area contributed by atoms with Crippen molar-refractivity contribution in [2.24, 2.45) is 5.92 Å². The lowest BCUT2D eigenvalue weighted by Gasteiger charge is -2.42. The summed E-state index contributed by atoms with van der Waals surface area (Å²) in [6, 6.07) is 0. The molecule has 0 aromatic carbocycles. The van der Waals surface area contributed by atoms with Crippen LogP contribution in [-0.4, -0.2) is 29.9 Å². The van der Waals surface area contributed by atoms with Gasteiger partial charge in [-0.2, -0.15) is 0 Å². The van der Waals surface area contributed by atoms with Crippen LogP contribution in [0.15, 0.2) is 23.0 Å². The number of rotatable bonds is 4. The second-order valence-electron chi connectivity index (χ2n) is 5.29. The van der Waals surface area contributed by atoms with E-state index in [1.165, 1.54) is 5.57 Å². The van der Waals surface area contributed by atoms with E-state index in [2.05, 4.69) is 27.0 Å². The zero-order valence-corrected chi connectivity index (χ0v) is 12.6. The van der Waals surface area contributed by atoms with Crippen LogP contribution < -0.4 is 0 Å². The van der Waals surface area contributed by atoms with Crippen LogP contribution >= 0.6 is 0 Å². The van der Waals surface area contributed by atoms with E-state index in [9.17, 15) is 4.79 Å². The molecule has 0 aliphatic carbocycles. The van der Waals surface area contributed by atoms with Gasteiger partial charge in [-0.15, -0.1) is 0 Å². The van der Waals surface area contributed by atoms with Gasteiger partial charge in [-0.1, -0.05) is 13.8 Å². The topological polar surface area (TPSA) is 29.5 Å². The second-order valence-corrected chi connectivity index (χ2v) is 5.29. The molecule has 3 nitrogen and oxygen atoms in total. The second kappa shape index (κ2) is 5.27. The molecule has 1 heterocycles. The molecule has 1 unspecified atom stereocenters. The minimum absolute atomic E-state index is 0.0941. The van der Waals surface area contributed by atoms with Crippen molar-refractivity contribution in [1.82, 2.24) is 4.90 Å². The summed E-state index contributed by atoms with van der Waals surface area (Å²) in [5.74, 6) is 0.476. The Balaban J connectivity index is 3.43. The van der Waals surface area contributed by atoms with Crippen molar-refractivity contribution in [1.29, 1.82) is 0 Å². The Bertz CT molecular complexity index is 407. The highest BCUT2D eigenvalue weighted by molar-refractivity contribution is 5.94. The number of carbonyl (C=O) groups is 1. The Kier molecular flexibility index (Phi) is 4.38. The number of allylic oxidation sites excluding steroid dienone is 1. The van der Waals surface area contributed by atoms with Gasteiger partial charge in [-0.05, 0) is 37.8 Å². The van der Waals surface area contributed by atoms with Gasteiger partial charge in [0.2, 0.25) is 0 Å². The maximum atomic E-state index is 11.9. The Morgan fingerprint density at radius 1 is 1.50 bits per heavy atom. The molecule has 1 aliphatic rings. The Morgan fingerprint density at radius 2 is 2.06 bits per heavy atom. The molecule has 1 aliphatic heterocycles. The molecule has 0 fully saturated rings. The molecule has 0 saturated carbocycles. The molecule has 0 aromatic heterocycles. The van der Waals surface area contributed by atoms with Crippen LogP contribution in [-0.2, 0) is 9.53 Å². The van der Waals surface area contributed by atoms with Crippen LogP contribution in [0.3, 0.4) is 0 Å². The molecule has 1 rings (SSSR count). The van der Waals surface area contributed by atoms with Gasteiger partial charge in [0.15, 0.2) is 5.78 Å². The molecule has 3 heteroatoms. The van der Waals surface area contributed by atoms with Crippen molar-refractivity contribution < 1.29 is 9.53 Å². The minimum atomic E-state index is -0.471. The monoisotopic (exact) mass is 251 g/mol. The van der Waals surface area contributed by atoms with E-state index in [1.807, 2.05) is 18.7 Å². The third-order valence-electron chi connectivity index (χ3n) is 3.91. The fourth-order valence-electron chi connectivity index (χ4n) is 2.70. The summed E-state index contributed by atoms with van der Waals surface area (Å²) in [6.07, 6.45) is 2.08. The average molecular weight is 251 g/mol. The van der Waals surface area contributed by atoms with Crippen LogP contribution in [0, 0.1) is 5.92 Å². The molecule has 1 atom stereocenters. The smallest absolute Gasteiger partial charge is 0.176 e. The standard InChI is InChI=1S/C15H25NO2/c1-8-16-9-13(10(2)3)15(6,18-7)11(4)14(16)12(5)17/h9-10H,8H2,1-7H3. The summed E-state index contributed by atoms with van der Waals surface area (Å²) in [6.45, 7) is 12.8. The van der Waals surface area contributed by atoms with E-state index in [4.69, 9.17) is 4.74 Å². The van der Waals surface area contributed by atoms with Gasteiger partial charge < -0.3 is 9.64 Å². The number of ether oxygens (including phenoxy) is 1. The first-order valence-electron chi connectivity index (χ1n) is 6.55. The predicted octanol–water partition coefficient (Wildman–Crippen LogP) is 3.13. The van der Waals surface area contributed by atoms with Crippen LogP contribution in [0.2, 0.25) is 0 Å². The average Bonchev–Trinajstić information content (AvgIpc) is 2.30. The molecular formula is C15H25NO2. The van der Waals surface area contributed by atoms with E-state index in [-0.39, 0.29) is 5.78 Å². The summed E-state index contributed by atoms with van der Waals surface area (Å²) in [5.41, 5.74) is 2.52. The lowest BCUT2D eigenvalue weighted by molar-refractivity contribution is -0.115. The normalized spacial score (nSPS) is 24.7. The third-order valence-corrected chi connectivity index (χ3v) is 3.91. The van der Waals surface area contributed by atoms with Crippen LogP contribution in [0.25, 0.3) is 0 Å². The predicted molar refractivity (Wildman–Crippen MR) is 74.1 cm³/mol. The van der Waals surface area contributed by atoms with Gasteiger partial charge in [-0.3, -0.25) is 4.79 Å². The summed E-state index contributed by atoms with van der Waals surface area (Å²) in [4.78, 5) is 13.9. The van der Waals surface area contributed by atoms with Crippen molar-refractivity contribution in [3.63, 3.8) is 0 Å². The van der Waals surface area contributed by atoms with E-state index < -0.39 is 5.60 Å². The van der Waals surface area contributed by atoms with Crippen molar-refractivity contribution in [2.75, 3.05) is 13.7 Å². The van der Waals surface area contributed by atoms with Crippen molar-refractivity contribution in [3.05, 3.63) is 23.0 Å². The molecule has 0 aromatic rings. The van der Waals surface area contributed by atoms with Crippen LogP contribution in [0.4, 0.5) is 0 Å². The first-order chi connectivity index (χ1) is 8.29. The highest BCUT2D eigenvalue weighted by atomic mass is 16.5. The third kappa shape index (κ3) is 2.24. The van der Waals surface area contributed by atoms with Gasteiger partial charge >= 0.3 is 0 Å². The van der Waals surface area contributed by atoms with Crippen molar-refractivity contribution >= 4 is 5.78 Å². The van der Waals surface area contributed by atoms with Gasteiger partial charge in [0.05, 0.1) is 5.70 Å². The molecule has 0 amide bonds. The molecule has 0 saturated heterocycles. The van der Waals surface area contributed by atoms with E-state index >= 15 is 0 Å². The maximum absolute atomic E-state index is 11.9. The Morgan fingerprint density at radius 3 is 2.39 bits per heavy atom. The summed E-state index contributed by atoms with van der Waals surface area (Å²) >= 11 is 0. The molecule has 0 bridgehead atoms. The molecule has 102 valence electrons. The lowest BCUT2D eigenvalue weighted by Crippen LogP contribution is -2.42. The number of hydrogen-bond donors (Lipinski definition) is 0. The quantitative estimate of drug-likeness (QED) is 0.769. The SMILES string of the molecule is CCN1C=C(C(C)C)C(C)(OC)C(C)=C1C(C)=O. The zero-order valence-electron chi connectivity index (χ0n) is 12.6. The summed E-state index contributed by atoms with van der Waals surface area (Å²) in [5, 5.41) is 0. The minimum Gasteiger partial charge on any atom is -0.370 e. The molecule has 0 radical (unpaired) electrons. The zero-order chi connectivity index (χ0) is 14.1. The highest BCUT2D eigenvalue weighted by Gasteiger charge is 2.39. The van der Waals surface area contributed by atoms with E-state index in [0.717, 1.165) is 17.8 Å². The Hall–Kier alpha value is -1.09. The largest absolute Gasteiger partial charge is 0.370 e. The number of methoxy groups -OCH3 is 1. The molecule has 0 N–H and O–H groups in total. The maximum Gasteiger partial charge on any atom is 0.176 e. The van der Waals surface area contributed by atoms with E-state index in [1.54, 1.807) is 14.0 Å². The van der Waals surface area contributed by atoms with Crippen LogP contribution in [0.1, 0.15) is 41.5 Å². The lowest BCUT2D eigenvalue weighted by atomic mass is 9.79. The summed E-state index contributed by atoms with van der Waals surface area (Å²) < 4.78 is 5.73. The number of carbonyl (C=O) groups excluding carboxylic acids is 1. The number of nitrogens with zero attached hydrogens (tertiary/aromatic N) is 1. The Labute approximate surface area is 110 Å². The number of hydrogen-bond acceptors (Lipinski definition) is 3. The fraction of sp³-hybridized carbons (Fsp3) is 0.667.